The molecule has 0 aromatic carbocycles. The van der Waals surface area contributed by atoms with Gasteiger partial charge >= 0.3 is 0 Å². The summed E-state index contributed by atoms with van der Waals surface area (Å²) in [5.74, 6) is 2.29. The molecule has 5 aliphatic carbocycles. The number of hydrogen-bond donors (Lipinski definition) is 3. The molecule has 0 bridgehead atoms. The summed E-state index contributed by atoms with van der Waals surface area (Å²) in [6.45, 7) is 19.0. The Balaban J connectivity index is 1.63. The highest BCUT2D eigenvalue weighted by molar-refractivity contribution is 5.35. The van der Waals surface area contributed by atoms with Crippen LogP contribution in [0, 0.1) is 56.7 Å². The molecule has 33 heavy (non-hydrogen) atoms. The first-order chi connectivity index (χ1) is 15.2. The van der Waals surface area contributed by atoms with E-state index >= 15 is 0 Å². The van der Waals surface area contributed by atoms with Gasteiger partial charge < -0.3 is 15.3 Å². The van der Waals surface area contributed by atoms with Crippen molar-refractivity contribution in [2.75, 3.05) is 0 Å². The Morgan fingerprint density at radius 2 is 1.48 bits per heavy atom. The predicted octanol–water partition coefficient (Wildman–Crippen LogP) is 5.97. The normalized spacial score (nSPS) is 60.0. The number of fused-ring (bicyclic) bond motifs is 7. The van der Waals surface area contributed by atoms with Crippen molar-refractivity contribution < 1.29 is 15.3 Å². The van der Waals surface area contributed by atoms with Crippen molar-refractivity contribution in [3.05, 3.63) is 11.6 Å². The smallest absolute Gasteiger partial charge is 0.0632 e. The molecule has 0 spiro atoms. The van der Waals surface area contributed by atoms with Crippen molar-refractivity contribution in [3.63, 3.8) is 0 Å². The van der Waals surface area contributed by atoms with Gasteiger partial charge in [-0.1, -0.05) is 67.0 Å². The maximum Gasteiger partial charge on any atom is 0.0632 e. The summed E-state index contributed by atoms with van der Waals surface area (Å²) in [6.07, 6.45) is 8.52. The molecule has 0 heterocycles. The second kappa shape index (κ2) is 7.10. The third-order valence-electron chi connectivity index (χ3n) is 13.6. The maximum atomic E-state index is 11.7. The van der Waals surface area contributed by atoms with E-state index in [1.54, 1.807) is 5.57 Å². The van der Waals surface area contributed by atoms with Crippen LogP contribution in [-0.2, 0) is 0 Å². The van der Waals surface area contributed by atoms with Crippen molar-refractivity contribution in [2.24, 2.45) is 56.7 Å². The molecule has 3 heteroatoms. The zero-order valence-corrected chi connectivity index (χ0v) is 22.5. The first-order valence-electron chi connectivity index (χ1n) is 13.9. The molecule has 12 atom stereocenters. The van der Waals surface area contributed by atoms with Crippen LogP contribution in [0.3, 0.4) is 0 Å². The fourth-order valence-electron chi connectivity index (χ4n) is 10.9. The molecule has 0 saturated heterocycles. The third-order valence-corrected chi connectivity index (χ3v) is 13.6. The van der Waals surface area contributed by atoms with Crippen molar-refractivity contribution in [2.45, 2.75) is 119 Å². The van der Waals surface area contributed by atoms with Crippen LogP contribution in [0.2, 0.25) is 0 Å². The second-order valence-electron chi connectivity index (χ2n) is 14.8. The summed E-state index contributed by atoms with van der Waals surface area (Å²) in [4.78, 5) is 0. The molecule has 0 amide bonds. The molecular formula is C30H50O3. The van der Waals surface area contributed by atoms with Gasteiger partial charge in [0.1, 0.15) is 0 Å². The molecule has 3 nitrogen and oxygen atoms in total. The fraction of sp³-hybridized carbons (Fsp3) is 0.933. The van der Waals surface area contributed by atoms with Gasteiger partial charge in [-0.3, -0.25) is 0 Å². The molecule has 0 unspecified atom stereocenters. The summed E-state index contributed by atoms with van der Waals surface area (Å²) in [5.41, 5.74) is 1.38. The van der Waals surface area contributed by atoms with Gasteiger partial charge in [-0.05, 0) is 96.2 Å². The van der Waals surface area contributed by atoms with Gasteiger partial charge in [0.15, 0.2) is 0 Å². The lowest BCUT2D eigenvalue weighted by Crippen LogP contribution is -2.68. The van der Waals surface area contributed by atoms with Crippen molar-refractivity contribution >= 4 is 0 Å². The van der Waals surface area contributed by atoms with E-state index in [1.807, 2.05) is 0 Å². The second-order valence-corrected chi connectivity index (χ2v) is 14.8. The monoisotopic (exact) mass is 458 g/mol. The Bertz CT molecular complexity index is 847. The lowest BCUT2D eigenvalue weighted by atomic mass is 9.33. The summed E-state index contributed by atoms with van der Waals surface area (Å²) < 4.78 is 0. The first kappa shape index (κ1) is 24.3. The summed E-state index contributed by atoms with van der Waals surface area (Å²) in [5, 5.41) is 33.9. The SMILES string of the molecule is C[C@H]1[C@H](C)C[C@H](O)[C@]2(C)[C@H](O)C[C@]3(C)C(=CC[C@@H]4[C@@]5(C)CC[C@H](O)C(C)(C)[C@@H]5CC[C@]43C)[C@H]12. The lowest BCUT2D eigenvalue weighted by Gasteiger charge is -2.72. The number of hydrogen-bond acceptors (Lipinski definition) is 3. The van der Waals surface area contributed by atoms with Crippen LogP contribution in [0.5, 0.6) is 0 Å². The van der Waals surface area contributed by atoms with E-state index in [0.717, 1.165) is 32.1 Å². The zero-order valence-electron chi connectivity index (χ0n) is 22.5. The highest BCUT2D eigenvalue weighted by Gasteiger charge is 2.70. The van der Waals surface area contributed by atoms with E-state index in [9.17, 15) is 15.3 Å². The van der Waals surface area contributed by atoms with Crippen LogP contribution in [0.15, 0.2) is 11.6 Å². The molecule has 0 radical (unpaired) electrons. The molecule has 5 aliphatic rings. The summed E-state index contributed by atoms with van der Waals surface area (Å²) in [6, 6.07) is 0. The number of rotatable bonds is 0. The van der Waals surface area contributed by atoms with E-state index in [2.05, 4.69) is 61.5 Å². The van der Waals surface area contributed by atoms with Gasteiger partial charge in [0.2, 0.25) is 0 Å². The fourth-order valence-corrected chi connectivity index (χ4v) is 10.9. The molecule has 0 aromatic heterocycles. The van der Waals surface area contributed by atoms with E-state index in [0.29, 0.717) is 23.7 Å². The number of aliphatic hydroxyl groups is 3. The maximum absolute atomic E-state index is 11.7. The minimum Gasteiger partial charge on any atom is -0.393 e. The quantitative estimate of drug-likeness (QED) is 0.392. The van der Waals surface area contributed by atoms with Gasteiger partial charge in [-0.25, -0.2) is 0 Å². The van der Waals surface area contributed by atoms with Crippen molar-refractivity contribution in [3.8, 4) is 0 Å². The molecule has 0 aromatic rings. The first-order valence-corrected chi connectivity index (χ1v) is 13.9. The van der Waals surface area contributed by atoms with Crippen LogP contribution in [0.1, 0.15) is 100 Å². The topological polar surface area (TPSA) is 60.7 Å². The summed E-state index contributed by atoms with van der Waals surface area (Å²) in [7, 11) is 0. The molecule has 4 fully saturated rings. The van der Waals surface area contributed by atoms with Gasteiger partial charge in [0, 0.05) is 5.41 Å². The Hall–Kier alpha value is -0.380. The highest BCUT2D eigenvalue weighted by Crippen LogP contribution is 2.75. The minimum absolute atomic E-state index is 0.0404. The lowest BCUT2D eigenvalue weighted by molar-refractivity contribution is -0.227. The van der Waals surface area contributed by atoms with Gasteiger partial charge in [-0.2, -0.15) is 0 Å². The van der Waals surface area contributed by atoms with E-state index in [-0.39, 0.29) is 33.7 Å². The Morgan fingerprint density at radius 1 is 0.818 bits per heavy atom. The highest BCUT2D eigenvalue weighted by atomic mass is 16.3. The zero-order chi connectivity index (χ0) is 24.4. The van der Waals surface area contributed by atoms with Crippen LogP contribution in [-0.4, -0.2) is 33.6 Å². The molecule has 4 saturated carbocycles. The largest absolute Gasteiger partial charge is 0.393 e. The van der Waals surface area contributed by atoms with Gasteiger partial charge in [0.25, 0.3) is 0 Å². The van der Waals surface area contributed by atoms with Gasteiger partial charge in [-0.15, -0.1) is 0 Å². The molecule has 5 rings (SSSR count). The number of allylic oxidation sites excluding steroid dienone is 2. The molecule has 0 aliphatic heterocycles. The molecule has 3 N–H and O–H groups in total. The molecule has 188 valence electrons. The van der Waals surface area contributed by atoms with Gasteiger partial charge in [0.05, 0.1) is 18.3 Å². The average Bonchev–Trinajstić information content (AvgIpc) is 2.71. The van der Waals surface area contributed by atoms with Crippen molar-refractivity contribution in [1.29, 1.82) is 0 Å². The number of aliphatic hydroxyl groups excluding tert-OH is 3. The Kier molecular flexibility index (Phi) is 5.23. The summed E-state index contributed by atoms with van der Waals surface area (Å²) >= 11 is 0. The molecular weight excluding hydrogens is 408 g/mol. The Labute approximate surface area is 202 Å². The minimum atomic E-state index is -0.472. The van der Waals surface area contributed by atoms with Crippen LogP contribution >= 0.6 is 0 Å². The van der Waals surface area contributed by atoms with E-state index in [1.165, 1.54) is 12.8 Å². The van der Waals surface area contributed by atoms with E-state index in [4.69, 9.17) is 0 Å². The van der Waals surface area contributed by atoms with Crippen molar-refractivity contribution in [1.82, 2.24) is 0 Å². The van der Waals surface area contributed by atoms with E-state index < -0.39 is 17.6 Å². The van der Waals surface area contributed by atoms with Crippen LogP contribution in [0.4, 0.5) is 0 Å². The standard InChI is InChI=1S/C30H50O3/c1-17-15-23(32)30(8)24(33)16-29(7)19(25(30)18(17)2)9-10-21-27(5)13-12-22(31)26(3,4)20(27)11-14-28(21,29)6/h9,17-18,20-25,31-33H,10-16H2,1-8H3/t17-,18+,20+,21-,22+,23+,24-,25+,27+,28-,29-,30-/m1/s1. The van der Waals surface area contributed by atoms with Crippen LogP contribution in [0.25, 0.3) is 0 Å². The third kappa shape index (κ3) is 2.74. The van der Waals surface area contributed by atoms with Crippen LogP contribution < -0.4 is 0 Å². The predicted molar refractivity (Wildman–Crippen MR) is 133 cm³/mol. The average molecular weight is 459 g/mol. The Morgan fingerprint density at radius 3 is 2.15 bits per heavy atom.